The number of hydrogen-bond acceptors (Lipinski definition) is 6. The van der Waals surface area contributed by atoms with E-state index in [9.17, 15) is 0 Å². The lowest BCUT2D eigenvalue weighted by Gasteiger charge is -2.19. The molecular weight excluding hydrogens is 282 g/mol. The van der Waals surface area contributed by atoms with Crippen molar-refractivity contribution in [2.75, 3.05) is 13.2 Å². The van der Waals surface area contributed by atoms with Crippen LogP contribution in [0.25, 0.3) is 0 Å². The van der Waals surface area contributed by atoms with Crippen molar-refractivity contribution >= 4 is 0 Å². The van der Waals surface area contributed by atoms with Crippen molar-refractivity contribution in [3.05, 3.63) is 29.7 Å². The fraction of sp³-hybridized carbons (Fsp3) is 0.667. The van der Waals surface area contributed by atoms with Crippen LogP contribution in [-0.4, -0.2) is 33.1 Å². The molecule has 1 saturated heterocycles. The Kier molecular flexibility index (Phi) is 4.54. The lowest BCUT2D eigenvalue weighted by molar-refractivity contribution is 0.0895. The Morgan fingerprint density at radius 1 is 1.50 bits per heavy atom. The topological polar surface area (TPSA) is 78.0 Å². The molecule has 0 unspecified atom stereocenters. The molecule has 7 nitrogen and oxygen atoms in total. The summed E-state index contributed by atoms with van der Waals surface area (Å²) < 4.78 is 13.0. The van der Waals surface area contributed by atoms with Crippen LogP contribution < -0.4 is 5.32 Å². The molecule has 0 aromatic carbocycles. The number of nitrogens with zero attached hydrogens (tertiary/aromatic N) is 4. The van der Waals surface area contributed by atoms with Gasteiger partial charge in [-0.15, -0.1) is 0 Å². The molecule has 0 bridgehead atoms. The number of rotatable bonds is 6. The highest BCUT2D eigenvalue weighted by atomic mass is 16.5. The first-order valence-electron chi connectivity index (χ1n) is 7.85. The fourth-order valence-corrected chi connectivity index (χ4v) is 2.82. The summed E-state index contributed by atoms with van der Waals surface area (Å²) in [6.45, 7) is 8.47. The van der Waals surface area contributed by atoms with Gasteiger partial charge in [-0.05, 0) is 27.2 Å². The van der Waals surface area contributed by atoms with E-state index in [1.165, 1.54) is 0 Å². The summed E-state index contributed by atoms with van der Waals surface area (Å²) >= 11 is 0. The zero-order valence-corrected chi connectivity index (χ0v) is 13.3. The highest BCUT2D eigenvalue weighted by Crippen LogP contribution is 2.34. The summed E-state index contributed by atoms with van der Waals surface area (Å²) in [4.78, 5) is 4.26. The standard InChI is InChI=1S/C15H23N5O2/c1-4-20-9-13(8-17-20)14-12(5-6-21-14)7-16-10(2)15-18-11(3)19-22-15/h8-10,12,14,16H,4-7H2,1-3H3/t10-,12-,14+/m0/s1. The normalized spacial score (nSPS) is 23.0. The van der Waals surface area contributed by atoms with Gasteiger partial charge >= 0.3 is 0 Å². The van der Waals surface area contributed by atoms with E-state index in [1.54, 1.807) is 0 Å². The van der Waals surface area contributed by atoms with Gasteiger partial charge in [-0.25, -0.2) is 0 Å². The van der Waals surface area contributed by atoms with Gasteiger partial charge in [0.05, 0.1) is 18.3 Å². The van der Waals surface area contributed by atoms with E-state index in [4.69, 9.17) is 9.26 Å². The molecule has 2 aromatic heterocycles. The Hall–Kier alpha value is -1.73. The second-order valence-corrected chi connectivity index (χ2v) is 5.78. The van der Waals surface area contributed by atoms with Crippen molar-refractivity contribution in [1.82, 2.24) is 25.2 Å². The Balaban J connectivity index is 1.59. The minimum Gasteiger partial charge on any atom is -0.373 e. The second kappa shape index (κ2) is 6.58. The summed E-state index contributed by atoms with van der Waals surface area (Å²) in [6, 6.07) is 0.0424. The summed E-state index contributed by atoms with van der Waals surface area (Å²) in [6.07, 6.45) is 5.15. The average Bonchev–Trinajstić information content (AvgIpc) is 3.24. The van der Waals surface area contributed by atoms with Gasteiger partial charge in [0.1, 0.15) is 0 Å². The van der Waals surface area contributed by atoms with Gasteiger partial charge in [0.2, 0.25) is 5.89 Å². The summed E-state index contributed by atoms with van der Waals surface area (Å²) in [5.74, 6) is 1.73. The Morgan fingerprint density at radius 2 is 2.36 bits per heavy atom. The molecule has 22 heavy (non-hydrogen) atoms. The van der Waals surface area contributed by atoms with E-state index in [-0.39, 0.29) is 12.1 Å². The van der Waals surface area contributed by atoms with E-state index in [2.05, 4.69) is 33.7 Å². The van der Waals surface area contributed by atoms with Gasteiger partial charge in [0.15, 0.2) is 5.82 Å². The molecule has 0 saturated carbocycles. The quantitative estimate of drug-likeness (QED) is 0.879. The molecule has 0 spiro atoms. The highest BCUT2D eigenvalue weighted by molar-refractivity contribution is 5.11. The van der Waals surface area contributed by atoms with E-state index < -0.39 is 0 Å². The molecule has 0 amide bonds. The molecule has 2 aromatic rings. The smallest absolute Gasteiger partial charge is 0.243 e. The van der Waals surface area contributed by atoms with Crippen LogP contribution in [0, 0.1) is 12.8 Å². The van der Waals surface area contributed by atoms with Crippen molar-refractivity contribution < 1.29 is 9.26 Å². The summed E-state index contributed by atoms with van der Waals surface area (Å²) in [7, 11) is 0. The molecule has 7 heteroatoms. The maximum Gasteiger partial charge on any atom is 0.243 e. The Bertz CT molecular complexity index is 609. The SMILES string of the molecule is CCn1cc([C@@H]2OCC[C@H]2CN[C@@H](C)c2nc(C)no2)cn1. The molecule has 3 atom stereocenters. The van der Waals surface area contributed by atoms with Crippen molar-refractivity contribution in [1.29, 1.82) is 0 Å². The summed E-state index contributed by atoms with van der Waals surface area (Å²) in [5, 5.41) is 11.6. The largest absolute Gasteiger partial charge is 0.373 e. The third-order valence-corrected chi connectivity index (χ3v) is 4.12. The maximum absolute atomic E-state index is 5.91. The van der Waals surface area contributed by atoms with Crippen LogP contribution >= 0.6 is 0 Å². The first-order chi connectivity index (χ1) is 10.7. The predicted octanol–water partition coefficient (Wildman–Crippen LogP) is 2.02. The number of aromatic nitrogens is 4. The number of hydrogen-bond donors (Lipinski definition) is 1. The molecule has 1 aliphatic heterocycles. The third kappa shape index (κ3) is 3.20. The lowest BCUT2D eigenvalue weighted by Crippen LogP contribution is -2.27. The van der Waals surface area contributed by atoms with Crippen molar-refractivity contribution in [3.8, 4) is 0 Å². The van der Waals surface area contributed by atoms with Crippen LogP contribution in [-0.2, 0) is 11.3 Å². The van der Waals surface area contributed by atoms with Crippen LogP contribution in [0.1, 0.15) is 49.7 Å². The first-order valence-corrected chi connectivity index (χ1v) is 7.85. The maximum atomic E-state index is 5.91. The Labute approximate surface area is 130 Å². The molecule has 3 rings (SSSR count). The van der Waals surface area contributed by atoms with Crippen LogP contribution in [0.4, 0.5) is 0 Å². The Morgan fingerprint density at radius 3 is 3.05 bits per heavy atom. The van der Waals surface area contributed by atoms with E-state index in [1.807, 2.05) is 24.7 Å². The van der Waals surface area contributed by atoms with Crippen molar-refractivity contribution in [2.45, 2.75) is 45.9 Å². The average molecular weight is 305 g/mol. The number of ether oxygens (including phenoxy) is 1. The molecule has 1 fully saturated rings. The highest BCUT2D eigenvalue weighted by Gasteiger charge is 2.31. The van der Waals surface area contributed by atoms with Crippen LogP contribution in [0.15, 0.2) is 16.9 Å². The van der Waals surface area contributed by atoms with Crippen molar-refractivity contribution in [2.24, 2.45) is 5.92 Å². The molecule has 1 aliphatic rings. The van der Waals surface area contributed by atoms with Crippen LogP contribution in [0.3, 0.4) is 0 Å². The van der Waals surface area contributed by atoms with Crippen LogP contribution in [0.2, 0.25) is 0 Å². The van der Waals surface area contributed by atoms with Gasteiger partial charge < -0.3 is 14.6 Å². The van der Waals surface area contributed by atoms with Crippen LogP contribution in [0.5, 0.6) is 0 Å². The van der Waals surface area contributed by atoms with Gasteiger partial charge in [-0.3, -0.25) is 4.68 Å². The molecular formula is C15H23N5O2. The number of aryl methyl sites for hydroxylation is 2. The van der Waals surface area contributed by atoms with Gasteiger partial charge in [0.25, 0.3) is 0 Å². The fourth-order valence-electron chi connectivity index (χ4n) is 2.82. The predicted molar refractivity (Wildman–Crippen MR) is 80.2 cm³/mol. The second-order valence-electron chi connectivity index (χ2n) is 5.78. The monoisotopic (exact) mass is 305 g/mol. The van der Waals surface area contributed by atoms with Crippen molar-refractivity contribution in [3.63, 3.8) is 0 Å². The van der Waals surface area contributed by atoms with Gasteiger partial charge in [-0.1, -0.05) is 5.16 Å². The molecule has 1 N–H and O–H groups in total. The minimum atomic E-state index is 0.0424. The first kappa shape index (κ1) is 15.2. The van der Waals surface area contributed by atoms with Gasteiger partial charge in [-0.2, -0.15) is 10.1 Å². The minimum absolute atomic E-state index is 0.0424. The molecule has 120 valence electrons. The third-order valence-electron chi connectivity index (χ3n) is 4.12. The molecule has 0 aliphatic carbocycles. The lowest BCUT2D eigenvalue weighted by atomic mass is 9.97. The van der Waals surface area contributed by atoms with E-state index >= 15 is 0 Å². The van der Waals surface area contributed by atoms with Gasteiger partial charge in [0, 0.05) is 37.4 Å². The number of nitrogens with one attached hydrogen (secondary N) is 1. The molecule has 3 heterocycles. The zero-order chi connectivity index (χ0) is 15.5. The zero-order valence-electron chi connectivity index (χ0n) is 13.3. The summed E-state index contributed by atoms with van der Waals surface area (Å²) in [5.41, 5.74) is 1.16. The molecule has 0 radical (unpaired) electrons. The van der Waals surface area contributed by atoms with E-state index in [0.717, 1.165) is 31.7 Å². The van der Waals surface area contributed by atoms with E-state index in [0.29, 0.717) is 17.6 Å².